The lowest BCUT2D eigenvalue weighted by Gasteiger charge is -2.10. The van der Waals surface area contributed by atoms with Gasteiger partial charge in [-0.15, -0.1) is 0 Å². The molecule has 1 aliphatic heterocycles. The third-order valence-corrected chi connectivity index (χ3v) is 2.72. The van der Waals surface area contributed by atoms with Gasteiger partial charge in [0.25, 0.3) is 0 Å². The summed E-state index contributed by atoms with van der Waals surface area (Å²) in [7, 11) is 0. The van der Waals surface area contributed by atoms with E-state index in [9.17, 15) is 0 Å². The van der Waals surface area contributed by atoms with Gasteiger partial charge in [0.2, 0.25) is 0 Å². The first kappa shape index (κ1) is 9.21. The van der Waals surface area contributed by atoms with E-state index in [0.717, 1.165) is 17.4 Å². The molecule has 0 N–H and O–H groups in total. The lowest BCUT2D eigenvalue weighted by atomic mass is 10.2. The summed E-state index contributed by atoms with van der Waals surface area (Å²) in [5.41, 5.74) is 0. The third-order valence-electron chi connectivity index (χ3n) is 2.31. The number of rotatable bonds is 2. The van der Waals surface area contributed by atoms with E-state index in [2.05, 4.69) is 28.0 Å². The van der Waals surface area contributed by atoms with E-state index in [4.69, 9.17) is 4.74 Å². The van der Waals surface area contributed by atoms with Crippen LogP contribution in [0.2, 0.25) is 0 Å². The molecule has 2 atom stereocenters. The topological polar surface area (TPSA) is 27.1 Å². The van der Waals surface area contributed by atoms with Crippen LogP contribution in [0, 0.1) is 0 Å². The summed E-state index contributed by atoms with van der Waals surface area (Å²) in [6.45, 7) is 2.99. The summed E-state index contributed by atoms with van der Waals surface area (Å²) in [6.07, 6.45) is 6.88. The average molecular weight is 245 g/mol. The highest BCUT2D eigenvalue weighted by atomic mass is 79.9. The third kappa shape index (κ3) is 2.31. The SMILES string of the molecule is CC1CCC(Cn2cc(Br)cn2)O1. The first-order valence-corrected chi connectivity index (χ1v) is 5.37. The van der Waals surface area contributed by atoms with Gasteiger partial charge in [0.1, 0.15) is 0 Å². The summed E-state index contributed by atoms with van der Waals surface area (Å²) in [4.78, 5) is 0. The van der Waals surface area contributed by atoms with E-state index in [1.807, 2.05) is 10.9 Å². The molecule has 0 aliphatic carbocycles. The first-order valence-electron chi connectivity index (χ1n) is 4.57. The van der Waals surface area contributed by atoms with Crippen molar-refractivity contribution in [1.82, 2.24) is 9.78 Å². The normalized spacial score (nSPS) is 28.2. The van der Waals surface area contributed by atoms with Gasteiger partial charge < -0.3 is 4.74 Å². The van der Waals surface area contributed by atoms with Gasteiger partial charge in [-0.25, -0.2) is 0 Å². The Morgan fingerprint density at radius 3 is 3.08 bits per heavy atom. The van der Waals surface area contributed by atoms with Crippen LogP contribution >= 0.6 is 15.9 Å². The van der Waals surface area contributed by atoms with Crippen molar-refractivity contribution >= 4 is 15.9 Å². The summed E-state index contributed by atoms with van der Waals surface area (Å²) >= 11 is 3.37. The second-order valence-electron chi connectivity index (χ2n) is 3.53. The Hall–Kier alpha value is -0.350. The fourth-order valence-corrected chi connectivity index (χ4v) is 1.99. The molecule has 2 rings (SSSR count). The molecule has 3 nitrogen and oxygen atoms in total. The van der Waals surface area contributed by atoms with Gasteiger partial charge in [-0.1, -0.05) is 0 Å². The summed E-state index contributed by atoms with van der Waals surface area (Å²) in [6, 6.07) is 0. The lowest BCUT2D eigenvalue weighted by Crippen LogP contribution is -2.16. The van der Waals surface area contributed by atoms with Gasteiger partial charge in [0, 0.05) is 6.20 Å². The van der Waals surface area contributed by atoms with Gasteiger partial charge in [-0.3, -0.25) is 4.68 Å². The molecule has 1 aliphatic rings. The van der Waals surface area contributed by atoms with Crippen LogP contribution in [0.5, 0.6) is 0 Å². The van der Waals surface area contributed by atoms with E-state index < -0.39 is 0 Å². The Balaban J connectivity index is 1.91. The zero-order valence-corrected chi connectivity index (χ0v) is 9.20. The van der Waals surface area contributed by atoms with E-state index in [-0.39, 0.29) is 0 Å². The maximum atomic E-state index is 5.70. The van der Waals surface area contributed by atoms with Crippen molar-refractivity contribution in [3.8, 4) is 0 Å². The molecule has 4 heteroatoms. The molecule has 13 heavy (non-hydrogen) atoms. The molecule has 0 spiro atoms. The van der Waals surface area contributed by atoms with Crippen LogP contribution in [0.1, 0.15) is 19.8 Å². The molecular weight excluding hydrogens is 232 g/mol. The quantitative estimate of drug-likeness (QED) is 0.798. The molecule has 0 bridgehead atoms. The van der Waals surface area contributed by atoms with Gasteiger partial charge in [-0.05, 0) is 35.7 Å². The number of ether oxygens (including phenoxy) is 1. The minimum Gasteiger partial charge on any atom is -0.373 e. The van der Waals surface area contributed by atoms with Crippen LogP contribution in [0.25, 0.3) is 0 Å². The Bertz CT molecular complexity index is 287. The highest BCUT2D eigenvalue weighted by Gasteiger charge is 2.21. The summed E-state index contributed by atoms with van der Waals surface area (Å²) in [5.74, 6) is 0. The summed E-state index contributed by atoms with van der Waals surface area (Å²) < 4.78 is 8.65. The number of hydrogen-bond acceptors (Lipinski definition) is 2. The van der Waals surface area contributed by atoms with E-state index in [1.54, 1.807) is 6.20 Å². The molecule has 0 amide bonds. The molecule has 2 heterocycles. The van der Waals surface area contributed by atoms with Crippen molar-refractivity contribution in [3.05, 3.63) is 16.9 Å². The Morgan fingerprint density at radius 2 is 2.54 bits per heavy atom. The largest absolute Gasteiger partial charge is 0.373 e. The Labute approximate surface area is 86.2 Å². The van der Waals surface area contributed by atoms with Crippen LogP contribution in [0.4, 0.5) is 0 Å². The molecule has 1 aromatic rings. The van der Waals surface area contributed by atoms with Crippen LogP contribution < -0.4 is 0 Å². The van der Waals surface area contributed by atoms with E-state index in [0.29, 0.717) is 12.2 Å². The van der Waals surface area contributed by atoms with Crippen molar-refractivity contribution in [3.63, 3.8) is 0 Å². The van der Waals surface area contributed by atoms with Crippen molar-refractivity contribution in [1.29, 1.82) is 0 Å². The van der Waals surface area contributed by atoms with E-state index >= 15 is 0 Å². The predicted molar refractivity (Wildman–Crippen MR) is 53.5 cm³/mol. The van der Waals surface area contributed by atoms with Crippen LogP contribution in [-0.4, -0.2) is 22.0 Å². The minimum atomic E-state index is 0.349. The van der Waals surface area contributed by atoms with Crippen molar-refractivity contribution < 1.29 is 4.74 Å². The molecule has 0 radical (unpaired) electrons. The van der Waals surface area contributed by atoms with Gasteiger partial charge >= 0.3 is 0 Å². The summed E-state index contributed by atoms with van der Waals surface area (Å²) in [5, 5.41) is 4.19. The molecule has 0 aromatic carbocycles. The number of aromatic nitrogens is 2. The average Bonchev–Trinajstić information content (AvgIpc) is 2.62. The van der Waals surface area contributed by atoms with Gasteiger partial charge in [0.05, 0.1) is 29.4 Å². The van der Waals surface area contributed by atoms with Crippen LogP contribution in [-0.2, 0) is 11.3 Å². The van der Waals surface area contributed by atoms with Crippen molar-refractivity contribution in [2.75, 3.05) is 0 Å². The second-order valence-corrected chi connectivity index (χ2v) is 4.44. The maximum Gasteiger partial charge on any atom is 0.0775 e. The lowest BCUT2D eigenvalue weighted by molar-refractivity contribution is 0.0437. The number of hydrogen-bond donors (Lipinski definition) is 0. The number of halogens is 1. The van der Waals surface area contributed by atoms with Crippen molar-refractivity contribution in [2.24, 2.45) is 0 Å². The monoisotopic (exact) mass is 244 g/mol. The maximum absolute atomic E-state index is 5.70. The zero-order chi connectivity index (χ0) is 9.26. The van der Waals surface area contributed by atoms with Crippen LogP contribution in [0.3, 0.4) is 0 Å². The minimum absolute atomic E-state index is 0.349. The highest BCUT2D eigenvalue weighted by molar-refractivity contribution is 9.10. The standard InChI is InChI=1S/C9H13BrN2O/c1-7-2-3-9(13-7)6-12-5-8(10)4-11-12/h4-5,7,9H,2-3,6H2,1H3. The van der Waals surface area contributed by atoms with Crippen molar-refractivity contribution in [2.45, 2.75) is 38.5 Å². The molecule has 72 valence electrons. The smallest absolute Gasteiger partial charge is 0.0775 e. The van der Waals surface area contributed by atoms with Crippen LogP contribution in [0.15, 0.2) is 16.9 Å². The highest BCUT2D eigenvalue weighted by Crippen LogP contribution is 2.20. The fraction of sp³-hybridized carbons (Fsp3) is 0.667. The Morgan fingerprint density at radius 1 is 1.69 bits per heavy atom. The molecular formula is C9H13BrN2O. The van der Waals surface area contributed by atoms with Gasteiger partial charge in [-0.2, -0.15) is 5.10 Å². The first-order chi connectivity index (χ1) is 6.24. The molecule has 1 aromatic heterocycles. The Kier molecular flexibility index (Phi) is 2.69. The molecule has 0 saturated carbocycles. The molecule has 2 unspecified atom stereocenters. The molecule has 1 fully saturated rings. The fourth-order valence-electron chi connectivity index (χ4n) is 1.67. The molecule has 1 saturated heterocycles. The number of nitrogens with zero attached hydrogens (tertiary/aromatic N) is 2. The second kappa shape index (κ2) is 3.80. The predicted octanol–water partition coefficient (Wildman–Crippen LogP) is 2.21. The van der Waals surface area contributed by atoms with E-state index in [1.165, 1.54) is 6.42 Å². The zero-order valence-electron chi connectivity index (χ0n) is 7.61. The van der Waals surface area contributed by atoms with Gasteiger partial charge in [0.15, 0.2) is 0 Å².